The summed E-state index contributed by atoms with van der Waals surface area (Å²) in [5.74, 6) is -0.155. The summed E-state index contributed by atoms with van der Waals surface area (Å²) in [6, 6.07) is 5.37. The maximum Gasteiger partial charge on any atom is 0.123 e. The summed E-state index contributed by atoms with van der Waals surface area (Å²) in [6.07, 6.45) is 5.59. The quantitative estimate of drug-likeness (QED) is 0.734. The fourth-order valence-electron chi connectivity index (χ4n) is 2.04. The normalized spacial score (nSPS) is 12.7. The molecule has 1 atom stereocenters. The van der Waals surface area contributed by atoms with Crippen LogP contribution in [-0.2, 0) is 6.42 Å². The zero-order valence-corrected chi connectivity index (χ0v) is 12.9. The van der Waals surface area contributed by atoms with Gasteiger partial charge in [0, 0.05) is 10.5 Å². The van der Waals surface area contributed by atoms with E-state index in [4.69, 9.17) is 0 Å². The minimum absolute atomic E-state index is 0.155. The predicted molar refractivity (Wildman–Crippen MR) is 79.4 cm³/mol. The van der Waals surface area contributed by atoms with Crippen molar-refractivity contribution in [1.29, 1.82) is 0 Å². The van der Waals surface area contributed by atoms with Crippen LogP contribution >= 0.6 is 15.9 Å². The van der Waals surface area contributed by atoms with Crippen LogP contribution in [0.3, 0.4) is 0 Å². The Bertz CT molecular complexity index is 346. The van der Waals surface area contributed by atoms with Crippen LogP contribution in [0, 0.1) is 5.82 Å². The van der Waals surface area contributed by atoms with Crippen LogP contribution in [0.1, 0.15) is 45.1 Å². The lowest BCUT2D eigenvalue weighted by atomic mass is 10.0. The number of rotatable bonds is 8. The highest BCUT2D eigenvalue weighted by Crippen LogP contribution is 2.20. The molecule has 1 aromatic carbocycles. The molecule has 0 aliphatic carbocycles. The van der Waals surface area contributed by atoms with Crippen LogP contribution in [0.4, 0.5) is 4.39 Å². The minimum atomic E-state index is -0.155. The van der Waals surface area contributed by atoms with Crippen LogP contribution in [0.15, 0.2) is 22.7 Å². The van der Waals surface area contributed by atoms with Gasteiger partial charge in [-0.2, -0.15) is 0 Å². The second-order valence-corrected chi connectivity index (χ2v) is 5.59. The molecule has 18 heavy (non-hydrogen) atoms. The first-order valence-corrected chi connectivity index (χ1v) is 7.64. The van der Waals surface area contributed by atoms with E-state index in [-0.39, 0.29) is 5.82 Å². The Hall–Kier alpha value is -0.410. The van der Waals surface area contributed by atoms with Gasteiger partial charge in [0.05, 0.1) is 0 Å². The van der Waals surface area contributed by atoms with Crippen molar-refractivity contribution < 1.29 is 4.39 Å². The highest BCUT2D eigenvalue weighted by molar-refractivity contribution is 9.10. The first kappa shape index (κ1) is 15.6. The van der Waals surface area contributed by atoms with Gasteiger partial charge >= 0.3 is 0 Å². The first-order chi connectivity index (χ1) is 8.67. The molecule has 0 aliphatic heterocycles. The SMILES string of the molecule is CCCCC(Cc1cc(F)ccc1Br)NCCC. The molecule has 1 aromatic rings. The van der Waals surface area contributed by atoms with Gasteiger partial charge in [-0.3, -0.25) is 0 Å². The van der Waals surface area contributed by atoms with Gasteiger partial charge in [-0.25, -0.2) is 4.39 Å². The number of unbranched alkanes of at least 4 members (excludes halogenated alkanes) is 1. The Balaban J connectivity index is 2.65. The lowest BCUT2D eigenvalue weighted by Crippen LogP contribution is -2.31. The first-order valence-electron chi connectivity index (χ1n) is 6.84. The third kappa shape index (κ3) is 5.49. The summed E-state index contributed by atoms with van der Waals surface area (Å²) < 4.78 is 14.3. The van der Waals surface area contributed by atoms with Gasteiger partial charge in [-0.1, -0.05) is 42.6 Å². The van der Waals surface area contributed by atoms with Crippen LogP contribution in [0.2, 0.25) is 0 Å². The highest BCUT2D eigenvalue weighted by Gasteiger charge is 2.11. The van der Waals surface area contributed by atoms with E-state index in [0.717, 1.165) is 35.8 Å². The van der Waals surface area contributed by atoms with Crippen molar-refractivity contribution in [2.45, 2.75) is 52.0 Å². The van der Waals surface area contributed by atoms with Crippen LogP contribution in [0.5, 0.6) is 0 Å². The zero-order chi connectivity index (χ0) is 13.4. The molecule has 0 aliphatic rings. The maximum atomic E-state index is 13.3. The number of hydrogen-bond donors (Lipinski definition) is 1. The van der Waals surface area contributed by atoms with Crippen molar-refractivity contribution in [3.63, 3.8) is 0 Å². The average molecular weight is 316 g/mol. The van der Waals surface area contributed by atoms with Gasteiger partial charge in [0.25, 0.3) is 0 Å². The smallest absolute Gasteiger partial charge is 0.123 e. The van der Waals surface area contributed by atoms with Crippen molar-refractivity contribution in [1.82, 2.24) is 5.32 Å². The predicted octanol–water partition coefficient (Wildman–Crippen LogP) is 4.69. The molecule has 1 rings (SSSR count). The second kappa shape index (κ2) is 8.65. The maximum absolute atomic E-state index is 13.3. The van der Waals surface area contributed by atoms with Crippen molar-refractivity contribution in [3.05, 3.63) is 34.1 Å². The van der Waals surface area contributed by atoms with Crippen molar-refractivity contribution in [3.8, 4) is 0 Å². The van der Waals surface area contributed by atoms with E-state index in [2.05, 4.69) is 35.1 Å². The van der Waals surface area contributed by atoms with E-state index in [0.29, 0.717) is 6.04 Å². The third-order valence-electron chi connectivity index (χ3n) is 3.06. The van der Waals surface area contributed by atoms with Crippen LogP contribution < -0.4 is 5.32 Å². The molecule has 1 nitrogen and oxygen atoms in total. The number of nitrogens with one attached hydrogen (secondary N) is 1. The van der Waals surface area contributed by atoms with Gasteiger partial charge in [0.15, 0.2) is 0 Å². The number of benzene rings is 1. The average Bonchev–Trinajstić information content (AvgIpc) is 2.37. The zero-order valence-electron chi connectivity index (χ0n) is 11.3. The van der Waals surface area contributed by atoms with E-state index in [9.17, 15) is 4.39 Å². The molecular formula is C15H23BrFN. The number of halogens is 2. The molecule has 1 N–H and O–H groups in total. The Morgan fingerprint density at radius 3 is 2.72 bits per heavy atom. The van der Waals surface area contributed by atoms with Crippen molar-refractivity contribution in [2.75, 3.05) is 6.54 Å². The molecule has 0 aromatic heterocycles. The molecule has 0 saturated carbocycles. The molecule has 0 fully saturated rings. The molecule has 0 heterocycles. The Labute approximate surface area is 118 Å². The van der Waals surface area contributed by atoms with E-state index < -0.39 is 0 Å². The van der Waals surface area contributed by atoms with Crippen LogP contribution in [-0.4, -0.2) is 12.6 Å². The van der Waals surface area contributed by atoms with E-state index in [1.165, 1.54) is 18.9 Å². The van der Waals surface area contributed by atoms with E-state index in [1.54, 1.807) is 12.1 Å². The van der Waals surface area contributed by atoms with Crippen LogP contribution in [0.25, 0.3) is 0 Å². The van der Waals surface area contributed by atoms with Gasteiger partial charge in [-0.05, 0) is 49.6 Å². The molecule has 0 bridgehead atoms. The lowest BCUT2D eigenvalue weighted by molar-refractivity contribution is 0.460. The molecule has 102 valence electrons. The fraction of sp³-hybridized carbons (Fsp3) is 0.600. The molecule has 0 amide bonds. The summed E-state index contributed by atoms with van der Waals surface area (Å²) in [6.45, 7) is 5.40. The molecule has 0 radical (unpaired) electrons. The third-order valence-corrected chi connectivity index (χ3v) is 3.84. The van der Waals surface area contributed by atoms with Gasteiger partial charge in [0.1, 0.15) is 5.82 Å². The summed E-state index contributed by atoms with van der Waals surface area (Å²) in [4.78, 5) is 0. The van der Waals surface area contributed by atoms with Crippen molar-refractivity contribution in [2.24, 2.45) is 0 Å². The summed E-state index contributed by atoms with van der Waals surface area (Å²) in [5, 5.41) is 3.56. The van der Waals surface area contributed by atoms with Gasteiger partial charge in [-0.15, -0.1) is 0 Å². The lowest BCUT2D eigenvalue weighted by Gasteiger charge is -2.19. The molecule has 3 heteroatoms. The molecule has 0 saturated heterocycles. The molecule has 1 unspecified atom stereocenters. The van der Waals surface area contributed by atoms with Gasteiger partial charge < -0.3 is 5.32 Å². The Morgan fingerprint density at radius 1 is 1.28 bits per heavy atom. The second-order valence-electron chi connectivity index (χ2n) is 4.73. The van der Waals surface area contributed by atoms with Crippen molar-refractivity contribution >= 4 is 15.9 Å². The summed E-state index contributed by atoms with van der Waals surface area (Å²) >= 11 is 3.50. The monoisotopic (exact) mass is 315 g/mol. The Kier molecular flexibility index (Phi) is 7.52. The summed E-state index contributed by atoms with van der Waals surface area (Å²) in [7, 11) is 0. The molecular weight excluding hydrogens is 293 g/mol. The minimum Gasteiger partial charge on any atom is -0.314 e. The standard InChI is InChI=1S/C15H23BrFN/c1-3-5-6-14(18-9-4-2)11-12-10-13(17)7-8-15(12)16/h7-8,10,14,18H,3-6,9,11H2,1-2H3. The van der Waals surface area contributed by atoms with Gasteiger partial charge in [0.2, 0.25) is 0 Å². The summed E-state index contributed by atoms with van der Waals surface area (Å²) in [5.41, 5.74) is 1.06. The fourth-order valence-corrected chi connectivity index (χ4v) is 2.45. The topological polar surface area (TPSA) is 12.0 Å². The number of hydrogen-bond acceptors (Lipinski definition) is 1. The molecule has 0 spiro atoms. The van der Waals surface area contributed by atoms with E-state index >= 15 is 0 Å². The van der Waals surface area contributed by atoms with E-state index in [1.807, 2.05) is 0 Å². The largest absolute Gasteiger partial charge is 0.314 e. The highest BCUT2D eigenvalue weighted by atomic mass is 79.9. The Morgan fingerprint density at radius 2 is 2.06 bits per heavy atom.